The van der Waals surface area contributed by atoms with Crippen molar-refractivity contribution in [2.45, 2.75) is 55.0 Å². The van der Waals surface area contributed by atoms with Crippen LogP contribution in [0.15, 0.2) is 65.6 Å². The zero-order valence-corrected chi connectivity index (χ0v) is 17.4. The summed E-state index contributed by atoms with van der Waals surface area (Å²) in [4.78, 5) is 25.2. The van der Waals surface area contributed by atoms with Gasteiger partial charge in [-0.2, -0.15) is 0 Å². The Bertz CT molecular complexity index is 841. The minimum Gasteiger partial charge on any atom is -0.456 e. The third-order valence-electron chi connectivity index (χ3n) is 6.05. The summed E-state index contributed by atoms with van der Waals surface area (Å²) >= 11 is 1.71. The number of carbonyl (C=O) groups excluding carboxylic acids is 1. The average Bonchev–Trinajstić information content (AvgIpc) is 2.74. The molecule has 0 amide bonds. The predicted octanol–water partition coefficient (Wildman–Crippen LogP) is 4.25. The van der Waals surface area contributed by atoms with Crippen molar-refractivity contribution in [1.29, 1.82) is 0 Å². The molecule has 2 aromatic rings. The van der Waals surface area contributed by atoms with E-state index in [1.165, 1.54) is 0 Å². The van der Waals surface area contributed by atoms with E-state index in [2.05, 4.69) is 12.1 Å². The molecular formula is C23H26O5S. The van der Waals surface area contributed by atoms with Crippen molar-refractivity contribution >= 4 is 17.7 Å². The van der Waals surface area contributed by atoms with Crippen LogP contribution in [0.3, 0.4) is 0 Å². The first-order valence-electron chi connectivity index (χ1n) is 9.89. The van der Waals surface area contributed by atoms with Crippen LogP contribution in [-0.2, 0) is 14.5 Å². The number of hydrogen-bond acceptors (Lipinski definition) is 6. The summed E-state index contributed by atoms with van der Waals surface area (Å²) in [5, 5.41) is 11.0. The van der Waals surface area contributed by atoms with E-state index in [9.17, 15) is 9.90 Å². The van der Waals surface area contributed by atoms with Crippen molar-refractivity contribution in [3.05, 3.63) is 66.2 Å². The number of carbonyl (C=O) groups is 1. The number of ether oxygens (including phenoxy) is 1. The SMILES string of the molecule is CC1(CSc2ccccc2)OO[C@H]2C[C@@H]1C[C@@H](OC(=O)c1ccccc1)[C@]2(C)O. The molecular weight excluding hydrogens is 388 g/mol. The second-order valence-electron chi connectivity index (χ2n) is 8.24. The maximum Gasteiger partial charge on any atom is 0.338 e. The number of aliphatic hydroxyl groups is 1. The number of thioether (sulfide) groups is 1. The Morgan fingerprint density at radius 3 is 2.45 bits per heavy atom. The minimum atomic E-state index is -1.31. The van der Waals surface area contributed by atoms with Crippen LogP contribution in [0.2, 0.25) is 0 Å². The molecule has 2 bridgehead atoms. The van der Waals surface area contributed by atoms with Gasteiger partial charge >= 0.3 is 5.97 Å². The van der Waals surface area contributed by atoms with E-state index >= 15 is 0 Å². The van der Waals surface area contributed by atoms with E-state index in [1.54, 1.807) is 43.0 Å². The number of hydrogen-bond donors (Lipinski definition) is 1. The molecule has 5 atom stereocenters. The van der Waals surface area contributed by atoms with Gasteiger partial charge in [-0.25, -0.2) is 14.6 Å². The highest BCUT2D eigenvalue weighted by atomic mass is 32.2. The van der Waals surface area contributed by atoms with Gasteiger partial charge in [0.2, 0.25) is 0 Å². The first kappa shape index (κ1) is 20.4. The second-order valence-corrected chi connectivity index (χ2v) is 9.29. The first-order valence-corrected chi connectivity index (χ1v) is 10.9. The molecule has 0 aromatic heterocycles. The molecule has 29 heavy (non-hydrogen) atoms. The van der Waals surface area contributed by atoms with Crippen LogP contribution in [0.4, 0.5) is 0 Å². The van der Waals surface area contributed by atoms with Gasteiger partial charge in [0, 0.05) is 10.6 Å². The fourth-order valence-electron chi connectivity index (χ4n) is 3.99. The maximum atomic E-state index is 12.6. The summed E-state index contributed by atoms with van der Waals surface area (Å²) in [6.45, 7) is 3.68. The van der Waals surface area contributed by atoms with Crippen molar-refractivity contribution < 1.29 is 24.4 Å². The van der Waals surface area contributed by atoms with Gasteiger partial charge in [-0.3, -0.25) is 0 Å². The fourth-order valence-corrected chi connectivity index (χ4v) is 5.08. The number of benzene rings is 2. The van der Waals surface area contributed by atoms with Gasteiger partial charge < -0.3 is 9.84 Å². The van der Waals surface area contributed by atoms with Crippen LogP contribution in [0.25, 0.3) is 0 Å². The average molecular weight is 415 g/mol. The van der Waals surface area contributed by atoms with E-state index < -0.39 is 29.4 Å². The van der Waals surface area contributed by atoms with Gasteiger partial charge in [-0.15, -0.1) is 11.8 Å². The summed E-state index contributed by atoms with van der Waals surface area (Å²) in [7, 11) is 0. The van der Waals surface area contributed by atoms with Crippen LogP contribution < -0.4 is 0 Å². The summed E-state index contributed by atoms with van der Waals surface area (Å²) in [6, 6.07) is 19.0. The lowest BCUT2D eigenvalue weighted by Gasteiger charge is -2.53. The molecule has 154 valence electrons. The predicted molar refractivity (Wildman–Crippen MR) is 111 cm³/mol. The van der Waals surface area contributed by atoms with Crippen LogP contribution in [0.1, 0.15) is 37.0 Å². The van der Waals surface area contributed by atoms with E-state index in [0.717, 1.165) is 4.90 Å². The van der Waals surface area contributed by atoms with Gasteiger partial charge in [-0.1, -0.05) is 36.4 Å². The topological polar surface area (TPSA) is 65.0 Å². The standard InChI is InChI=1S/C23H26O5S/c1-22(15-29-18-11-7-4-8-12-18)17-13-19(23(2,25)20(14-17)27-28-22)26-21(24)16-9-5-3-6-10-16/h3-12,17,19-20,25H,13-15H2,1-2H3/t17-,19+,20-,22?,23-/m0/s1. The molecule has 1 heterocycles. The van der Waals surface area contributed by atoms with Crippen molar-refractivity contribution in [3.8, 4) is 0 Å². The van der Waals surface area contributed by atoms with E-state index in [1.807, 2.05) is 31.2 Å². The molecule has 1 aliphatic carbocycles. The lowest BCUT2D eigenvalue weighted by Crippen LogP contribution is -2.64. The Morgan fingerprint density at radius 2 is 1.76 bits per heavy atom. The van der Waals surface area contributed by atoms with Crippen LogP contribution in [0.5, 0.6) is 0 Å². The molecule has 1 saturated carbocycles. The van der Waals surface area contributed by atoms with Crippen molar-refractivity contribution in [2.75, 3.05) is 5.75 Å². The third kappa shape index (κ3) is 4.21. The molecule has 2 aliphatic rings. The molecule has 1 N–H and O–H groups in total. The van der Waals surface area contributed by atoms with Crippen molar-refractivity contribution in [3.63, 3.8) is 0 Å². The van der Waals surface area contributed by atoms with E-state index in [4.69, 9.17) is 14.5 Å². The molecule has 1 saturated heterocycles. The monoisotopic (exact) mass is 414 g/mol. The van der Waals surface area contributed by atoms with Gasteiger partial charge in [0.05, 0.1) is 5.56 Å². The van der Waals surface area contributed by atoms with Gasteiger partial charge in [0.25, 0.3) is 0 Å². The lowest BCUT2D eigenvalue weighted by molar-refractivity contribution is -0.448. The zero-order valence-electron chi connectivity index (χ0n) is 16.6. The van der Waals surface area contributed by atoms with Crippen LogP contribution in [0, 0.1) is 5.92 Å². The molecule has 0 radical (unpaired) electrons. The van der Waals surface area contributed by atoms with E-state index in [0.29, 0.717) is 24.2 Å². The largest absolute Gasteiger partial charge is 0.456 e. The van der Waals surface area contributed by atoms with Gasteiger partial charge in [-0.05, 0) is 56.9 Å². The number of rotatable bonds is 5. The quantitative estimate of drug-likeness (QED) is 0.448. The number of esters is 1. The fraction of sp³-hybridized carbons (Fsp3) is 0.435. The molecule has 6 heteroatoms. The summed E-state index contributed by atoms with van der Waals surface area (Å²) in [5.41, 5.74) is -1.38. The Balaban J connectivity index is 1.48. The summed E-state index contributed by atoms with van der Waals surface area (Å²) < 4.78 is 5.75. The molecule has 0 spiro atoms. The van der Waals surface area contributed by atoms with Crippen LogP contribution in [-0.4, -0.2) is 40.2 Å². The van der Waals surface area contributed by atoms with Gasteiger partial charge in [0.15, 0.2) is 0 Å². The van der Waals surface area contributed by atoms with E-state index in [-0.39, 0.29) is 5.92 Å². The normalized spacial score (nSPS) is 33.8. The molecule has 5 nitrogen and oxygen atoms in total. The Hall–Kier alpha value is -1.86. The summed E-state index contributed by atoms with van der Waals surface area (Å²) in [5.74, 6) is 0.374. The smallest absolute Gasteiger partial charge is 0.338 e. The third-order valence-corrected chi connectivity index (χ3v) is 7.37. The molecule has 2 aromatic carbocycles. The summed E-state index contributed by atoms with van der Waals surface area (Å²) in [6.07, 6.45) is -0.0104. The highest BCUT2D eigenvalue weighted by Gasteiger charge is 2.57. The first-order chi connectivity index (χ1) is 13.9. The maximum absolute atomic E-state index is 12.6. The molecule has 2 fully saturated rings. The second kappa shape index (κ2) is 8.11. The zero-order chi connectivity index (χ0) is 20.5. The Morgan fingerprint density at radius 1 is 1.10 bits per heavy atom. The highest BCUT2D eigenvalue weighted by Crippen LogP contribution is 2.47. The molecule has 1 aliphatic heterocycles. The lowest BCUT2D eigenvalue weighted by atomic mass is 9.69. The highest BCUT2D eigenvalue weighted by molar-refractivity contribution is 7.99. The Labute approximate surface area is 175 Å². The van der Waals surface area contributed by atoms with Crippen LogP contribution >= 0.6 is 11.8 Å². The Kier molecular flexibility index (Phi) is 5.71. The minimum absolute atomic E-state index is 0.103. The van der Waals surface area contributed by atoms with Crippen molar-refractivity contribution in [2.24, 2.45) is 5.92 Å². The number of fused-ring (bicyclic) bond motifs is 2. The molecule has 1 unspecified atom stereocenters. The van der Waals surface area contributed by atoms with Gasteiger partial charge in [0.1, 0.15) is 23.4 Å². The van der Waals surface area contributed by atoms with Crippen molar-refractivity contribution in [1.82, 2.24) is 0 Å². The molecule has 4 rings (SSSR count).